The molecule has 1 fully saturated rings. The minimum atomic E-state index is 0.874. The van der Waals surface area contributed by atoms with Gasteiger partial charge in [0, 0.05) is 0 Å². The number of allylic oxidation sites excluding steroid dienone is 2. The van der Waals surface area contributed by atoms with E-state index >= 15 is 0 Å². The zero-order chi connectivity index (χ0) is 10.8. The van der Waals surface area contributed by atoms with Crippen molar-refractivity contribution in [3.8, 4) is 0 Å². The molecule has 1 saturated carbocycles. The van der Waals surface area contributed by atoms with Crippen molar-refractivity contribution in [3.63, 3.8) is 0 Å². The molecule has 1 aromatic carbocycles. The average Bonchev–Trinajstić information content (AvgIpc) is 3.01. The van der Waals surface area contributed by atoms with Gasteiger partial charge >= 0.3 is 0 Å². The van der Waals surface area contributed by atoms with Gasteiger partial charge in [0.25, 0.3) is 0 Å². The van der Waals surface area contributed by atoms with Crippen molar-refractivity contribution in [3.05, 3.63) is 53.7 Å². The van der Waals surface area contributed by atoms with E-state index in [0.29, 0.717) is 0 Å². The number of rotatable bonds is 2. The lowest BCUT2D eigenvalue weighted by atomic mass is 10.0. The van der Waals surface area contributed by atoms with Crippen molar-refractivity contribution >= 4 is 13.5 Å². The molecule has 3 rings (SSSR count). The van der Waals surface area contributed by atoms with Gasteiger partial charge in [0.2, 0.25) is 0 Å². The van der Waals surface area contributed by atoms with Crippen LogP contribution in [-0.4, -0.2) is 5.29 Å². The summed E-state index contributed by atoms with van der Waals surface area (Å²) in [4.78, 5) is 0. The number of hydrogen-bond donors (Lipinski definition) is 0. The van der Waals surface area contributed by atoms with Crippen LogP contribution >= 0.6 is 8.20 Å². The van der Waals surface area contributed by atoms with Gasteiger partial charge in [-0.05, 0) is 29.6 Å². The number of hydrogen-bond acceptors (Lipinski definition) is 0. The van der Waals surface area contributed by atoms with Crippen molar-refractivity contribution in [1.29, 1.82) is 0 Å². The Morgan fingerprint density at radius 2 is 1.69 bits per heavy atom. The quantitative estimate of drug-likeness (QED) is 0.655. The van der Waals surface area contributed by atoms with Gasteiger partial charge in [0.05, 0.1) is 5.66 Å². The smallest absolute Gasteiger partial charge is 0.0763 e. The van der Waals surface area contributed by atoms with Crippen LogP contribution in [0.3, 0.4) is 0 Å². The summed E-state index contributed by atoms with van der Waals surface area (Å²) in [6.07, 6.45) is 10.4. The van der Waals surface area contributed by atoms with E-state index in [-0.39, 0.29) is 0 Å². The van der Waals surface area contributed by atoms with Gasteiger partial charge in [-0.3, -0.25) is 0 Å². The summed E-state index contributed by atoms with van der Waals surface area (Å²) >= 11 is 0. The SMILES string of the molecule is C1=CC(C2CCCC2)=P[C]1c1ccccc1. The Morgan fingerprint density at radius 3 is 2.44 bits per heavy atom. The molecule has 1 heterocycles. The largest absolute Gasteiger partial charge is 0.0827 e. The summed E-state index contributed by atoms with van der Waals surface area (Å²) in [6.45, 7) is 0. The molecule has 0 unspecified atom stereocenters. The van der Waals surface area contributed by atoms with Crippen LogP contribution in [0, 0.1) is 11.6 Å². The Morgan fingerprint density at radius 1 is 0.938 bits per heavy atom. The Bertz CT molecular complexity index is 410. The van der Waals surface area contributed by atoms with Crippen LogP contribution in [-0.2, 0) is 0 Å². The van der Waals surface area contributed by atoms with Gasteiger partial charge in [-0.15, -0.1) is 0 Å². The third kappa shape index (κ3) is 1.99. The molecule has 0 aromatic heterocycles. The van der Waals surface area contributed by atoms with Crippen molar-refractivity contribution in [1.82, 2.24) is 0 Å². The molecule has 16 heavy (non-hydrogen) atoms. The normalized spacial score (nSPS) is 22.6. The topological polar surface area (TPSA) is 0 Å². The van der Waals surface area contributed by atoms with Gasteiger partial charge < -0.3 is 0 Å². The van der Waals surface area contributed by atoms with E-state index in [1.807, 2.05) is 0 Å². The standard InChI is InChI=1S/C15H16P/c1-2-6-12(7-3-1)14-10-11-15(16-14)13-8-4-5-9-13/h1-3,6-7,10-11,13H,4-5,8-9H2. The van der Waals surface area contributed by atoms with Gasteiger partial charge in [-0.25, -0.2) is 0 Å². The summed E-state index contributed by atoms with van der Waals surface area (Å²) in [7, 11) is 1.45. The number of benzene rings is 1. The maximum Gasteiger partial charge on any atom is 0.0763 e. The Kier molecular flexibility index (Phi) is 2.93. The lowest BCUT2D eigenvalue weighted by Crippen LogP contribution is -2.03. The fourth-order valence-corrected chi connectivity index (χ4v) is 3.89. The van der Waals surface area contributed by atoms with Crippen LogP contribution in [0.1, 0.15) is 31.2 Å². The molecule has 2 aliphatic rings. The first kappa shape index (κ1) is 10.3. The molecule has 0 amide bonds. The highest BCUT2D eigenvalue weighted by atomic mass is 31.1. The summed E-state index contributed by atoms with van der Waals surface area (Å²) in [5, 5.41) is 1.65. The second-order valence-corrected chi connectivity index (χ2v) is 5.82. The van der Waals surface area contributed by atoms with Crippen LogP contribution in [0.2, 0.25) is 0 Å². The first-order chi connectivity index (χ1) is 7.93. The van der Waals surface area contributed by atoms with Crippen molar-refractivity contribution in [2.75, 3.05) is 0 Å². The fourth-order valence-electron chi connectivity index (χ4n) is 2.60. The lowest BCUT2D eigenvalue weighted by molar-refractivity contribution is 0.742. The maximum absolute atomic E-state index is 2.36. The van der Waals surface area contributed by atoms with Gasteiger partial charge in [-0.1, -0.05) is 63.5 Å². The van der Waals surface area contributed by atoms with E-state index in [0.717, 1.165) is 5.92 Å². The molecular formula is C15H16P. The van der Waals surface area contributed by atoms with E-state index in [1.54, 1.807) is 5.29 Å². The Balaban J connectivity index is 1.79. The molecule has 0 saturated heterocycles. The maximum atomic E-state index is 2.36. The van der Waals surface area contributed by atoms with Crippen LogP contribution in [0.4, 0.5) is 0 Å². The summed E-state index contributed by atoms with van der Waals surface area (Å²) in [5.74, 6) is 0.874. The third-order valence-corrected chi connectivity index (χ3v) is 4.93. The average molecular weight is 227 g/mol. The van der Waals surface area contributed by atoms with Gasteiger partial charge in [0.15, 0.2) is 0 Å². The molecule has 0 N–H and O–H groups in total. The Hall–Kier alpha value is -0.870. The highest BCUT2D eigenvalue weighted by molar-refractivity contribution is 7.46. The third-order valence-electron chi connectivity index (χ3n) is 3.50. The lowest BCUT2D eigenvalue weighted by Gasteiger charge is -2.07. The molecule has 1 aliphatic carbocycles. The predicted molar refractivity (Wildman–Crippen MR) is 71.8 cm³/mol. The molecule has 1 aliphatic heterocycles. The molecule has 0 bridgehead atoms. The zero-order valence-electron chi connectivity index (χ0n) is 9.39. The minimum Gasteiger partial charge on any atom is -0.0827 e. The first-order valence-corrected chi connectivity index (χ1v) is 7.02. The van der Waals surface area contributed by atoms with Crippen molar-refractivity contribution < 1.29 is 0 Å². The molecule has 0 atom stereocenters. The van der Waals surface area contributed by atoms with E-state index in [9.17, 15) is 0 Å². The first-order valence-electron chi connectivity index (χ1n) is 6.12. The Labute approximate surface area is 99.2 Å². The molecule has 1 heteroatoms. The summed E-state index contributed by atoms with van der Waals surface area (Å²) in [6, 6.07) is 10.8. The van der Waals surface area contributed by atoms with Gasteiger partial charge in [0.1, 0.15) is 0 Å². The molecule has 0 spiro atoms. The van der Waals surface area contributed by atoms with E-state index in [2.05, 4.69) is 42.5 Å². The summed E-state index contributed by atoms with van der Waals surface area (Å²) in [5.41, 5.74) is 2.86. The highest BCUT2D eigenvalue weighted by Gasteiger charge is 2.22. The second kappa shape index (κ2) is 4.55. The molecular weight excluding hydrogens is 211 g/mol. The minimum absolute atomic E-state index is 0.874. The van der Waals surface area contributed by atoms with Crippen LogP contribution in [0.25, 0.3) is 0 Å². The monoisotopic (exact) mass is 227 g/mol. The molecule has 81 valence electrons. The van der Waals surface area contributed by atoms with Crippen molar-refractivity contribution in [2.45, 2.75) is 25.7 Å². The molecule has 1 radical (unpaired) electrons. The molecule has 1 aromatic rings. The fraction of sp³-hybridized carbons (Fsp3) is 0.333. The van der Waals surface area contributed by atoms with Crippen LogP contribution < -0.4 is 0 Å². The van der Waals surface area contributed by atoms with Gasteiger partial charge in [-0.2, -0.15) is 0 Å². The van der Waals surface area contributed by atoms with E-state index in [1.165, 1.54) is 45.1 Å². The van der Waals surface area contributed by atoms with Crippen LogP contribution in [0.5, 0.6) is 0 Å². The van der Waals surface area contributed by atoms with E-state index < -0.39 is 0 Å². The second-order valence-electron chi connectivity index (χ2n) is 4.60. The zero-order valence-corrected chi connectivity index (χ0v) is 10.3. The van der Waals surface area contributed by atoms with E-state index in [4.69, 9.17) is 0 Å². The summed E-state index contributed by atoms with van der Waals surface area (Å²) < 4.78 is 0. The van der Waals surface area contributed by atoms with Crippen molar-refractivity contribution in [2.24, 2.45) is 5.92 Å². The highest BCUT2D eigenvalue weighted by Crippen LogP contribution is 2.39. The molecule has 0 nitrogen and oxygen atoms in total. The predicted octanol–water partition coefficient (Wildman–Crippen LogP) is 4.45. The van der Waals surface area contributed by atoms with Crippen LogP contribution in [0.15, 0.2) is 42.5 Å².